The summed E-state index contributed by atoms with van der Waals surface area (Å²) in [4.78, 5) is 16.7. The Morgan fingerprint density at radius 3 is 2.23 bits per heavy atom. The van der Waals surface area contributed by atoms with Crippen LogP contribution in [0.3, 0.4) is 0 Å². The molecule has 1 aliphatic heterocycles. The second kappa shape index (κ2) is 17.9. The quantitative estimate of drug-likeness (QED) is 0.118. The predicted molar refractivity (Wildman–Crippen MR) is 254 cm³/mol. The third kappa shape index (κ3) is 8.70. The van der Waals surface area contributed by atoms with Crippen LogP contribution in [-0.4, -0.2) is 28.2 Å². The number of hydrogen-bond acceptors (Lipinski definition) is 5. The van der Waals surface area contributed by atoms with Crippen LogP contribution in [-0.2, 0) is 20.1 Å². The van der Waals surface area contributed by atoms with Crippen LogP contribution in [0.25, 0.3) is 48.0 Å². The van der Waals surface area contributed by atoms with E-state index in [0.717, 1.165) is 43.8 Å². The van der Waals surface area contributed by atoms with Gasteiger partial charge in [0.05, 0.1) is 5.69 Å². The van der Waals surface area contributed by atoms with E-state index in [4.69, 9.17) is 18.5 Å². The van der Waals surface area contributed by atoms with Crippen LogP contribution in [0.2, 0.25) is 17.3 Å². The van der Waals surface area contributed by atoms with Gasteiger partial charge in [0.1, 0.15) is 4.83 Å². The van der Waals surface area contributed by atoms with Crippen molar-refractivity contribution in [3.05, 3.63) is 166 Å². The molecule has 9 heteroatoms. The summed E-state index contributed by atoms with van der Waals surface area (Å²) in [6.45, 7) is 6.32. The summed E-state index contributed by atoms with van der Waals surface area (Å²) in [6, 6.07) is 37.4. The minimum absolute atomic E-state index is 0. The van der Waals surface area contributed by atoms with E-state index in [1.165, 1.54) is 50.1 Å². The number of aryl methyl sites for hydroxylation is 3. The maximum atomic E-state index is 14.4. The van der Waals surface area contributed by atoms with Crippen LogP contribution in [0.4, 0.5) is 21.5 Å². The average molecular weight is 1070 g/mol. The molecular formula is C52H51FGeIrN5S. The Balaban J connectivity index is 0.000000255. The number of thiophene rings is 1. The number of nitrogens with zero attached hydrogens (tertiary/aromatic N) is 5. The van der Waals surface area contributed by atoms with E-state index in [1.54, 1.807) is 18.3 Å². The molecule has 9 rings (SSSR count). The Morgan fingerprint density at radius 1 is 0.836 bits per heavy atom. The van der Waals surface area contributed by atoms with Gasteiger partial charge in [-0.25, -0.2) is 4.98 Å². The Hall–Kier alpha value is -4.73. The topological polar surface area (TPSA) is 56.0 Å². The zero-order chi connectivity index (χ0) is 47.5. The summed E-state index contributed by atoms with van der Waals surface area (Å²) in [7, 11) is 0. The molecule has 0 saturated heterocycles. The molecule has 5 nitrogen and oxygen atoms in total. The number of pyridine rings is 3. The molecule has 0 radical (unpaired) electrons. The minimum Gasteiger partial charge on any atom is -0.661 e. The van der Waals surface area contributed by atoms with Crippen molar-refractivity contribution < 1.29 is 32.7 Å². The van der Waals surface area contributed by atoms with Crippen molar-refractivity contribution in [1.29, 1.82) is 0 Å². The van der Waals surface area contributed by atoms with Gasteiger partial charge in [-0.15, -0.1) is 28.0 Å². The summed E-state index contributed by atoms with van der Waals surface area (Å²) in [6.07, 6.45) is 3.20. The number of rotatable bonds is 7. The van der Waals surface area contributed by atoms with Crippen molar-refractivity contribution in [3.8, 4) is 22.4 Å². The van der Waals surface area contributed by atoms with Crippen molar-refractivity contribution in [2.75, 3.05) is 4.90 Å². The standard InChI is InChI=1S/C37H34N4S.C15H17FGeN.Ir/c1-21(2)29-19-26(25-11-8-7-9-12-25)20-30(22(3)4)35(29)41-34-24(6)38-18-17-31(34)40-36(41)27-13-10-14-32-33(27)28-16-15-23(5)39-37(28)42-32;1-11-6-5-7-13(15(11)16)14-9-8-12(10-18-14)17(2,3)4;/h7-12,14-22,36H,1-6H3;5-6,8-10H,1-4H3;/q-2;-1;+3/i5D3;1D3;. The third-order valence-electron chi connectivity index (χ3n) is 11.0. The summed E-state index contributed by atoms with van der Waals surface area (Å²) in [5, 5.41) is 7.30. The molecule has 0 spiro atoms. The van der Waals surface area contributed by atoms with E-state index < -0.39 is 39.0 Å². The molecule has 1 atom stereocenters. The first-order chi connectivity index (χ1) is 31.1. The van der Waals surface area contributed by atoms with Crippen LogP contribution >= 0.6 is 11.3 Å². The number of hydrogen-bond donors (Lipinski definition) is 0. The molecular weight excluding hydrogens is 1010 g/mol. The van der Waals surface area contributed by atoms with E-state index in [1.807, 2.05) is 36.5 Å². The molecule has 0 fully saturated rings. The number of halogens is 1. The molecule has 1 aliphatic rings. The predicted octanol–water partition coefficient (Wildman–Crippen LogP) is 14.6. The van der Waals surface area contributed by atoms with E-state index in [2.05, 4.69) is 121 Å². The second-order valence-corrected chi connectivity index (χ2v) is 28.5. The van der Waals surface area contributed by atoms with E-state index >= 15 is 0 Å². The van der Waals surface area contributed by atoms with Crippen molar-refractivity contribution in [2.45, 2.75) is 83.6 Å². The Bertz CT molecular complexity index is 3050. The Kier molecular flexibility index (Phi) is 10.8. The SMILES string of the molecule is [2H]C([2H])([2H])c1cc[c-]c(-c2cc[c]([Ge]([CH3])([CH3])[CH3])cn2)c1F.[2H]C([2H])([2H])c1ccc2c(n1)sc1cc[c-]c(C3[N-]c4ccnc(C)c4N3c3c(C(C)C)cc(-c4ccccc4)cc3C(C)C)c12.[Ir+3]. The fourth-order valence-corrected chi connectivity index (χ4v) is 11.1. The number of aromatic nitrogens is 3. The Morgan fingerprint density at radius 2 is 1.57 bits per heavy atom. The number of benzene rings is 4. The van der Waals surface area contributed by atoms with Gasteiger partial charge in [-0.2, -0.15) is 18.2 Å². The zero-order valence-corrected chi connectivity index (χ0v) is 40.8. The van der Waals surface area contributed by atoms with Crippen LogP contribution in [0, 0.1) is 38.6 Å². The molecule has 310 valence electrons. The molecule has 0 N–H and O–H groups in total. The summed E-state index contributed by atoms with van der Waals surface area (Å²) < 4.78 is 62.4. The van der Waals surface area contributed by atoms with Gasteiger partial charge in [-0.05, 0) is 77.6 Å². The van der Waals surface area contributed by atoms with Gasteiger partial charge in [0.25, 0.3) is 0 Å². The summed E-state index contributed by atoms with van der Waals surface area (Å²) in [5.74, 6) is 6.46. The fourth-order valence-electron chi connectivity index (χ4n) is 7.85. The molecule has 0 amide bonds. The normalized spacial score (nSPS) is 15.5. The van der Waals surface area contributed by atoms with Crippen LogP contribution in [0.1, 0.15) is 87.6 Å². The molecule has 0 aliphatic carbocycles. The number of anilines is 2. The van der Waals surface area contributed by atoms with Crippen LogP contribution < -0.4 is 9.30 Å². The first kappa shape index (κ1) is 36.9. The molecule has 0 bridgehead atoms. The van der Waals surface area contributed by atoms with Crippen molar-refractivity contribution in [3.63, 3.8) is 0 Å². The zero-order valence-electron chi connectivity index (χ0n) is 41.5. The summed E-state index contributed by atoms with van der Waals surface area (Å²) in [5.41, 5.74) is 10.2. The van der Waals surface area contributed by atoms with Crippen molar-refractivity contribution >= 4 is 66.4 Å². The molecule has 61 heavy (non-hydrogen) atoms. The minimum atomic E-state index is -2.48. The van der Waals surface area contributed by atoms with Gasteiger partial charge < -0.3 is 10.2 Å². The second-order valence-electron chi connectivity index (χ2n) is 16.9. The van der Waals surface area contributed by atoms with E-state index in [0.29, 0.717) is 10.5 Å². The molecule has 4 aromatic carbocycles. The van der Waals surface area contributed by atoms with Crippen molar-refractivity contribution in [1.82, 2.24) is 15.0 Å². The van der Waals surface area contributed by atoms with Crippen molar-refractivity contribution in [2.24, 2.45) is 0 Å². The van der Waals surface area contributed by atoms with Gasteiger partial charge in [-0.1, -0.05) is 74.9 Å². The van der Waals surface area contributed by atoms with Gasteiger partial charge >= 0.3 is 135 Å². The monoisotopic (exact) mass is 1070 g/mol. The molecule has 5 heterocycles. The third-order valence-corrected chi connectivity index (χ3v) is 16.3. The maximum absolute atomic E-state index is 14.4. The Labute approximate surface area is 389 Å². The summed E-state index contributed by atoms with van der Waals surface area (Å²) >= 11 is -0.454. The van der Waals surface area contributed by atoms with Crippen LogP contribution in [0.5, 0.6) is 0 Å². The molecule has 1 unspecified atom stereocenters. The smallest absolute Gasteiger partial charge is 0.661 e. The van der Waals surface area contributed by atoms with Gasteiger partial charge in [0, 0.05) is 27.4 Å². The maximum Gasteiger partial charge on any atom is 3.00 e. The first-order valence-corrected chi connectivity index (χ1v) is 28.4. The largest absolute Gasteiger partial charge is 3.00 e. The first-order valence-electron chi connectivity index (χ1n) is 23.2. The number of fused-ring (bicyclic) bond motifs is 4. The van der Waals surface area contributed by atoms with Crippen LogP contribution in [0.15, 0.2) is 109 Å². The average Bonchev–Trinajstić information content (AvgIpc) is 3.85. The molecule has 4 aromatic heterocycles. The van der Waals surface area contributed by atoms with Gasteiger partial charge in [0.15, 0.2) is 0 Å². The van der Waals surface area contributed by atoms with Gasteiger partial charge in [0.2, 0.25) is 0 Å². The molecule has 0 saturated carbocycles. The molecule has 8 aromatic rings. The fraction of sp³-hybridized carbons (Fsp3) is 0.250. The van der Waals surface area contributed by atoms with Gasteiger partial charge in [-0.3, -0.25) is 4.98 Å². The van der Waals surface area contributed by atoms with E-state index in [9.17, 15) is 4.39 Å². The van der Waals surface area contributed by atoms with E-state index in [-0.39, 0.29) is 48.8 Å².